The van der Waals surface area contributed by atoms with E-state index >= 15 is 0 Å². The summed E-state index contributed by atoms with van der Waals surface area (Å²) < 4.78 is 11.7. The van der Waals surface area contributed by atoms with Gasteiger partial charge in [0.25, 0.3) is 5.22 Å². The maximum Gasteiger partial charge on any atom is 0.257 e. The van der Waals surface area contributed by atoms with Crippen LogP contribution in [0.2, 0.25) is 5.02 Å². The van der Waals surface area contributed by atoms with E-state index in [1.54, 1.807) is 25.3 Å². The summed E-state index contributed by atoms with van der Waals surface area (Å²) in [5.74, 6) is 0.742. The molecule has 0 saturated carbocycles. The third-order valence-corrected chi connectivity index (χ3v) is 5.50. The van der Waals surface area contributed by atoms with Crippen molar-refractivity contribution in [1.82, 2.24) is 9.97 Å². The highest BCUT2D eigenvalue weighted by Gasteiger charge is 2.12. The topological polar surface area (TPSA) is 77.2 Å². The van der Waals surface area contributed by atoms with Gasteiger partial charge in [-0.25, -0.2) is 9.97 Å². The molecule has 26 heavy (non-hydrogen) atoms. The van der Waals surface area contributed by atoms with Crippen LogP contribution in [0.15, 0.2) is 46.0 Å². The number of hydrogen-bond acceptors (Lipinski definition) is 7. The third-order valence-electron chi connectivity index (χ3n) is 3.50. The van der Waals surface area contributed by atoms with Crippen LogP contribution in [0.4, 0.5) is 5.13 Å². The lowest BCUT2D eigenvalue weighted by atomic mass is 10.3. The van der Waals surface area contributed by atoms with E-state index in [4.69, 9.17) is 20.8 Å². The molecule has 2 aromatic carbocycles. The summed E-state index contributed by atoms with van der Waals surface area (Å²) in [5, 5.41) is 4.36. The monoisotopic (exact) mass is 405 g/mol. The number of thioether (sulfide) groups is 1. The van der Waals surface area contributed by atoms with Crippen molar-refractivity contribution in [3.63, 3.8) is 0 Å². The Hall–Kier alpha value is -2.29. The van der Waals surface area contributed by atoms with Crippen LogP contribution in [0.25, 0.3) is 21.3 Å². The number of amides is 1. The van der Waals surface area contributed by atoms with Gasteiger partial charge in [0.15, 0.2) is 10.7 Å². The zero-order valence-electron chi connectivity index (χ0n) is 13.5. The van der Waals surface area contributed by atoms with Gasteiger partial charge in [-0.1, -0.05) is 34.7 Å². The zero-order chi connectivity index (χ0) is 18.1. The van der Waals surface area contributed by atoms with Crippen LogP contribution in [0.5, 0.6) is 5.75 Å². The fourth-order valence-corrected chi connectivity index (χ4v) is 4.02. The van der Waals surface area contributed by atoms with E-state index in [0.717, 1.165) is 16.0 Å². The Morgan fingerprint density at radius 1 is 1.27 bits per heavy atom. The van der Waals surface area contributed by atoms with Crippen molar-refractivity contribution in [3.8, 4) is 5.75 Å². The van der Waals surface area contributed by atoms with Gasteiger partial charge < -0.3 is 14.5 Å². The molecule has 0 aliphatic heterocycles. The number of oxazole rings is 1. The first-order chi connectivity index (χ1) is 12.6. The molecular weight excluding hydrogens is 394 g/mol. The Morgan fingerprint density at radius 3 is 3.00 bits per heavy atom. The summed E-state index contributed by atoms with van der Waals surface area (Å²) in [6, 6.07) is 10.8. The van der Waals surface area contributed by atoms with E-state index in [1.165, 1.54) is 23.1 Å². The highest BCUT2D eigenvalue weighted by Crippen LogP contribution is 2.30. The molecule has 0 radical (unpaired) electrons. The van der Waals surface area contributed by atoms with Crippen LogP contribution in [-0.4, -0.2) is 28.7 Å². The fourth-order valence-electron chi connectivity index (χ4n) is 2.31. The third kappa shape index (κ3) is 3.62. The maximum absolute atomic E-state index is 12.2. The second-order valence-electron chi connectivity index (χ2n) is 5.28. The second kappa shape index (κ2) is 7.14. The lowest BCUT2D eigenvalue weighted by Crippen LogP contribution is -2.13. The van der Waals surface area contributed by atoms with E-state index in [9.17, 15) is 4.79 Å². The van der Waals surface area contributed by atoms with Crippen molar-refractivity contribution in [2.75, 3.05) is 18.2 Å². The molecule has 6 nitrogen and oxygen atoms in total. The minimum absolute atomic E-state index is 0.166. The normalized spacial score (nSPS) is 11.2. The van der Waals surface area contributed by atoms with E-state index in [0.29, 0.717) is 26.5 Å². The number of rotatable bonds is 5. The van der Waals surface area contributed by atoms with Crippen molar-refractivity contribution < 1.29 is 13.9 Å². The van der Waals surface area contributed by atoms with Crippen LogP contribution < -0.4 is 10.1 Å². The van der Waals surface area contributed by atoms with Gasteiger partial charge in [0.1, 0.15) is 11.3 Å². The Bertz CT molecular complexity index is 1110. The minimum Gasteiger partial charge on any atom is -0.497 e. The molecule has 132 valence electrons. The molecule has 0 saturated heterocycles. The minimum atomic E-state index is -0.179. The molecule has 0 aliphatic rings. The summed E-state index contributed by atoms with van der Waals surface area (Å²) in [6.45, 7) is 0. The van der Waals surface area contributed by atoms with Gasteiger partial charge in [0, 0.05) is 5.02 Å². The molecular formula is C17H12ClN3O3S2. The molecule has 9 heteroatoms. The Kier molecular flexibility index (Phi) is 4.71. The molecule has 1 N–H and O–H groups in total. The van der Waals surface area contributed by atoms with Crippen molar-refractivity contribution in [2.45, 2.75) is 5.22 Å². The largest absolute Gasteiger partial charge is 0.497 e. The summed E-state index contributed by atoms with van der Waals surface area (Å²) in [7, 11) is 1.61. The first-order valence-corrected chi connectivity index (χ1v) is 9.72. The molecule has 0 aliphatic carbocycles. The summed E-state index contributed by atoms with van der Waals surface area (Å²) in [6.07, 6.45) is 0. The van der Waals surface area contributed by atoms with E-state index in [1.807, 2.05) is 18.2 Å². The van der Waals surface area contributed by atoms with Crippen molar-refractivity contribution in [2.24, 2.45) is 0 Å². The molecule has 0 spiro atoms. The summed E-state index contributed by atoms with van der Waals surface area (Å²) in [4.78, 5) is 20.9. The predicted octanol–water partition coefficient (Wildman–Crippen LogP) is 4.83. The fraction of sp³-hybridized carbons (Fsp3) is 0.118. The number of ether oxygens (including phenoxy) is 1. The average Bonchev–Trinajstić information content (AvgIpc) is 3.21. The number of carbonyl (C=O) groups is 1. The molecule has 2 heterocycles. The number of anilines is 1. The Balaban J connectivity index is 1.41. The smallest absolute Gasteiger partial charge is 0.257 e. The Morgan fingerprint density at radius 2 is 2.15 bits per heavy atom. The van der Waals surface area contributed by atoms with E-state index in [-0.39, 0.29) is 11.7 Å². The SMILES string of the molecule is COc1ccc2nc(NC(=O)CSc3nc4cc(Cl)ccc4o3)sc2c1. The number of carbonyl (C=O) groups excluding carboxylic acids is 1. The number of fused-ring (bicyclic) bond motifs is 2. The number of nitrogens with one attached hydrogen (secondary N) is 1. The molecule has 1 amide bonds. The van der Waals surface area contributed by atoms with Crippen LogP contribution in [-0.2, 0) is 4.79 Å². The lowest BCUT2D eigenvalue weighted by molar-refractivity contribution is -0.113. The number of thiazole rings is 1. The molecule has 0 fully saturated rings. The molecule has 0 unspecified atom stereocenters. The van der Waals surface area contributed by atoms with Crippen LogP contribution in [0, 0.1) is 0 Å². The first-order valence-electron chi connectivity index (χ1n) is 7.54. The van der Waals surface area contributed by atoms with Gasteiger partial charge in [-0.15, -0.1) is 0 Å². The molecule has 4 aromatic rings. The zero-order valence-corrected chi connectivity index (χ0v) is 15.9. The molecule has 2 aromatic heterocycles. The number of hydrogen-bond donors (Lipinski definition) is 1. The quantitative estimate of drug-likeness (QED) is 0.479. The lowest BCUT2D eigenvalue weighted by Gasteiger charge is -1.98. The average molecular weight is 406 g/mol. The van der Waals surface area contributed by atoms with Gasteiger partial charge >= 0.3 is 0 Å². The number of aromatic nitrogens is 2. The number of halogens is 1. The van der Waals surface area contributed by atoms with E-state index in [2.05, 4.69) is 15.3 Å². The van der Waals surface area contributed by atoms with Crippen molar-refractivity contribution in [3.05, 3.63) is 41.4 Å². The van der Waals surface area contributed by atoms with Crippen molar-refractivity contribution >= 4 is 67.1 Å². The van der Waals surface area contributed by atoms with E-state index < -0.39 is 0 Å². The number of nitrogens with zero attached hydrogens (tertiary/aromatic N) is 2. The predicted molar refractivity (Wildman–Crippen MR) is 105 cm³/mol. The van der Waals surface area contributed by atoms with Crippen LogP contribution >= 0.6 is 34.7 Å². The van der Waals surface area contributed by atoms with Gasteiger partial charge in [-0.3, -0.25) is 4.79 Å². The number of methoxy groups -OCH3 is 1. The highest BCUT2D eigenvalue weighted by molar-refractivity contribution is 7.99. The highest BCUT2D eigenvalue weighted by atomic mass is 35.5. The molecule has 0 bridgehead atoms. The maximum atomic E-state index is 12.2. The molecule has 4 rings (SSSR count). The van der Waals surface area contributed by atoms with Crippen molar-refractivity contribution in [1.29, 1.82) is 0 Å². The van der Waals surface area contributed by atoms with Gasteiger partial charge in [-0.2, -0.15) is 0 Å². The van der Waals surface area contributed by atoms with Crippen LogP contribution in [0.3, 0.4) is 0 Å². The Labute approximate surface area is 161 Å². The second-order valence-corrected chi connectivity index (χ2v) is 7.68. The molecule has 0 atom stereocenters. The summed E-state index contributed by atoms with van der Waals surface area (Å²) in [5.41, 5.74) is 2.12. The first kappa shape index (κ1) is 17.1. The summed E-state index contributed by atoms with van der Waals surface area (Å²) >= 11 is 8.54. The van der Waals surface area contributed by atoms with Gasteiger partial charge in [-0.05, 0) is 36.4 Å². The standard InChI is InChI=1S/C17H12ClN3O3S2/c1-23-10-3-4-11-14(7-10)26-16(19-11)21-15(22)8-25-17-20-12-6-9(18)2-5-13(12)24-17/h2-7H,8H2,1H3,(H,19,21,22). The number of benzene rings is 2. The van der Waals surface area contributed by atoms with Gasteiger partial charge in [0.05, 0.1) is 23.1 Å². The van der Waals surface area contributed by atoms with Gasteiger partial charge in [0.2, 0.25) is 5.91 Å². The van der Waals surface area contributed by atoms with Crippen LogP contribution in [0.1, 0.15) is 0 Å².